The second kappa shape index (κ2) is 21.1. The van der Waals surface area contributed by atoms with Crippen LogP contribution in [0.5, 0.6) is 5.75 Å². The molecule has 1 saturated heterocycles. The number of aromatic amines is 1. The largest absolute Gasteiger partial charge is 0.487 e. The maximum absolute atomic E-state index is 12.2. The highest BCUT2D eigenvalue weighted by Gasteiger charge is 2.44. The molecular weight excluding hydrogens is 725 g/mol. The molecule has 5 aromatic rings. The number of hydrogen-bond acceptors (Lipinski definition) is 8. The van der Waals surface area contributed by atoms with E-state index in [0.29, 0.717) is 36.2 Å². The van der Waals surface area contributed by atoms with Gasteiger partial charge < -0.3 is 30.2 Å². The topological polar surface area (TPSA) is 129 Å². The minimum absolute atomic E-state index is 0.151. The molecule has 0 bridgehead atoms. The average molecular weight is 789 g/mol. The van der Waals surface area contributed by atoms with Crippen LogP contribution in [-0.4, -0.2) is 67.6 Å². The number of piperidine rings is 1. The SMILES string of the molecule is O=c1ccc2c([C@@H](O)CNCCCCCCCCCN3CCC(Cn4cnc([C@](O)(c5ccccc5)C5CCCCC5)n4)CC3)ccc(OCc3ccccc3)c2[nH]1. The fourth-order valence-corrected chi connectivity index (χ4v) is 9.19. The van der Waals surface area contributed by atoms with Gasteiger partial charge in [0.15, 0.2) is 11.4 Å². The summed E-state index contributed by atoms with van der Waals surface area (Å²) >= 11 is 0. The van der Waals surface area contributed by atoms with Gasteiger partial charge in [0.05, 0.1) is 11.6 Å². The molecule has 2 aromatic heterocycles. The van der Waals surface area contributed by atoms with Crippen molar-refractivity contribution in [2.75, 3.05) is 32.7 Å². The van der Waals surface area contributed by atoms with Gasteiger partial charge in [0.25, 0.3) is 0 Å². The minimum atomic E-state index is -1.13. The van der Waals surface area contributed by atoms with Gasteiger partial charge in [-0.3, -0.25) is 9.48 Å². The van der Waals surface area contributed by atoms with Gasteiger partial charge in [0, 0.05) is 24.5 Å². The molecule has 0 amide bonds. The van der Waals surface area contributed by atoms with Crippen LogP contribution in [0.15, 0.2) is 96.1 Å². The monoisotopic (exact) mass is 788 g/mol. The van der Waals surface area contributed by atoms with Gasteiger partial charge in [0.2, 0.25) is 5.56 Å². The Balaban J connectivity index is 0.741. The second-order valence-corrected chi connectivity index (χ2v) is 16.8. The van der Waals surface area contributed by atoms with E-state index < -0.39 is 11.7 Å². The number of H-pyrrole nitrogens is 1. The molecule has 3 aromatic carbocycles. The minimum Gasteiger partial charge on any atom is -0.487 e. The van der Waals surface area contributed by atoms with Crippen molar-refractivity contribution in [2.45, 2.75) is 115 Å². The highest BCUT2D eigenvalue weighted by atomic mass is 16.5. The van der Waals surface area contributed by atoms with E-state index in [1.54, 1.807) is 6.07 Å². The van der Waals surface area contributed by atoms with E-state index in [9.17, 15) is 15.0 Å². The lowest BCUT2D eigenvalue weighted by atomic mass is 9.73. The fraction of sp³-hybridized carbons (Fsp3) is 0.521. The van der Waals surface area contributed by atoms with Gasteiger partial charge in [-0.15, -0.1) is 0 Å². The quantitative estimate of drug-likeness (QED) is 0.0548. The summed E-state index contributed by atoms with van der Waals surface area (Å²) in [6.07, 6.45) is 17.7. The number of aliphatic hydroxyl groups excluding tert-OH is 1. The summed E-state index contributed by atoms with van der Waals surface area (Å²) in [5.74, 6) is 1.90. The molecule has 7 rings (SSSR count). The Hall–Kier alpha value is -4.35. The Kier molecular flexibility index (Phi) is 15.2. The van der Waals surface area contributed by atoms with Gasteiger partial charge in [-0.1, -0.05) is 118 Å². The lowest BCUT2D eigenvalue weighted by Gasteiger charge is -2.37. The summed E-state index contributed by atoms with van der Waals surface area (Å²) in [5, 5.41) is 32.4. The normalized spacial score (nSPS) is 17.3. The zero-order valence-corrected chi connectivity index (χ0v) is 34.2. The molecule has 3 heterocycles. The number of aromatic nitrogens is 4. The number of benzene rings is 3. The van der Waals surface area contributed by atoms with Crippen molar-refractivity contribution in [3.8, 4) is 5.75 Å². The number of likely N-dealkylation sites (tertiary alicyclic amines) is 1. The molecule has 2 atom stereocenters. The molecule has 10 nitrogen and oxygen atoms in total. The Morgan fingerprint density at radius 2 is 1.53 bits per heavy atom. The highest BCUT2D eigenvalue weighted by molar-refractivity contribution is 5.87. The molecule has 1 saturated carbocycles. The van der Waals surface area contributed by atoms with Gasteiger partial charge >= 0.3 is 0 Å². The van der Waals surface area contributed by atoms with E-state index in [1.807, 2.05) is 83.8 Å². The van der Waals surface area contributed by atoms with Crippen LogP contribution in [0.25, 0.3) is 10.9 Å². The fourth-order valence-electron chi connectivity index (χ4n) is 9.19. The Labute approximate surface area is 344 Å². The predicted octanol–water partition coefficient (Wildman–Crippen LogP) is 8.28. The Bertz CT molecular complexity index is 2020. The van der Waals surface area contributed by atoms with Gasteiger partial charge in [0.1, 0.15) is 18.7 Å². The molecule has 1 aliphatic carbocycles. The molecule has 0 radical (unpaired) electrons. The van der Waals surface area contributed by atoms with Crippen LogP contribution in [0, 0.1) is 11.8 Å². The van der Waals surface area contributed by atoms with Crippen molar-refractivity contribution in [2.24, 2.45) is 11.8 Å². The number of rotatable bonds is 21. The van der Waals surface area contributed by atoms with E-state index in [-0.39, 0.29) is 11.5 Å². The summed E-state index contributed by atoms with van der Waals surface area (Å²) in [7, 11) is 0. The van der Waals surface area contributed by atoms with E-state index in [0.717, 1.165) is 80.4 Å². The standard InChI is InChI=1S/C48H64N6O4/c55-43(41-23-25-44(46-42(41)24-26-45(56)51-46)58-35-38-17-9-6-10-18-38)33-49-29-15-4-2-1-3-5-16-30-53-31-27-37(28-32-53)34-54-36-50-47(52-54)48(57,39-19-11-7-12-20-39)40-21-13-8-14-22-40/h6-7,9-12,17-20,23-26,36-37,40,43,49,55,57H,1-5,8,13-16,21-22,27-35H2,(H,51,56)/t43-,48-/m0/s1. The first-order valence-electron chi connectivity index (χ1n) is 22.1. The first-order valence-corrected chi connectivity index (χ1v) is 22.1. The average Bonchev–Trinajstić information content (AvgIpc) is 3.74. The third-order valence-corrected chi connectivity index (χ3v) is 12.6. The predicted molar refractivity (Wildman–Crippen MR) is 231 cm³/mol. The molecule has 0 spiro atoms. The van der Waals surface area contributed by atoms with Gasteiger partial charge in [-0.2, -0.15) is 5.10 Å². The van der Waals surface area contributed by atoms with E-state index >= 15 is 0 Å². The second-order valence-electron chi connectivity index (χ2n) is 16.8. The zero-order chi connectivity index (χ0) is 40.0. The maximum Gasteiger partial charge on any atom is 0.248 e. The van der Waals surface area contributed by atoms with E-state index in [4.69, 9.17) is 14.8 Å². The lowest BCUT2D eigenvalue weighted by Crippen LogP contribution is -2.39. The number of nitrogens with one attached hydrogen (secondary N) is 2. The number of fused-ring (bicyclic) bond motifs is 1. The summed E-state index contributed by atoms with van der Waals surface area (Å²) in [5.41, 5.74) is 2.02. The van der Waals surface area contributed by atoms with Crippen LogP contribution in [0.4, 0.5) is 0 Å². The number of aliphatic hydroxyl groups is 2. The molecular formula is C48H64N6O4. The molecule has 58 heavy (non-hydrogen) atoms. The number of unbranched alkanes of at least 4 members (excludes halogenated alkanes) is 6. The van der Waals surface area contributed by atoms with Crippen molar-refractivity contribution in [3.63, 3.8) is 0 Å². The van der Waals surface area contributed by atoms with Crippen LogP contribution in [0.3, 0.4) is 0 Å². The number of pyridine rings is 1. The highest BCUT2D eigenvalue weighted by Crippen LogP contribution is 2.42. The molecule has 2 fully saturated rings. The van der Waals surface area contributed by atoms with Crippen molar-refractivity contribution < 1.29 is 14.9 Å². The smallest absolute Gasteiger partial charge is 0.248 e. The Morgan fingerprint density at radius 3 is 2.29 bits per heavy atom. The molecule has 1 aliphatic heterocycles. The van der Waals surface area contributed by atoms with Gasteiger partial charge in [-0.05, 0) is 105 Å². The van der Waals surface area contributed by atoms with E-state index in [1.165, 1.54) is 70.4 Å². The molecule has 0 unspecified atom stereocenters. The number of nitrogens with zero attached hydrogens (tertiary/aromatic N) is 4. The van der Waals surface area contributed by atoms with Crippen molar-refractivity contribution in [1.29, 1.82) is 0 Å². The van der Waals surface area contributed by atoms with Crippen LogP contribution in [0.2, 0.25) is 0 Å². The lowest BCUT2D eigenvalue weighted by molar-refractivity contribution is -0.00865. The first-order chi connectivity index (χ1) is 28.5. The summed E-state index contributed by atoms with van der Waals surface area (Å²) in [4.78, 5) is 22.4. The summed E-state index contributed by atoms with van der Waals surface area (Å²) < 4.78 is 8.05. The van der Waals surface area contributed by atoms with Crippen LogP contribution in [-0.2, 0) is 18.8 Å². The zero-order valence-electron chi connectivity index (χ0n) is 34.2. The molecule has 10 heteroatoms. The summed E-state index contributed by atoms with van der Waals surface area (Å²) in [6.45, 7) is 6.07. The number of hydrogen-bond donors (Lipinski definition) is 4. The molecule has 2 aliphatic rings. The van der Waals surface area contributed by atoms with Gasteiger partial charge in [-0.25, -0.2) is 4.98 Å². The third kappa shape index (κ3) is 11.0. The van der Waals surface area contributed by atoms with Crippen molar-refractivity contribution in [3.05, 3.63) is 124 Å². The number of ether oxygens (including phenoxy) is 1. The third-order valence-electron chi connectivity index (χ3n) is 12.6. The molecule has 310 valence electrons. The van der Waals surface area contributed by atoms with E-state index in [2.05, 4.69) is 15.2 Å². The molecule has 4 N–H and O–H groups in total. The maximum atomic E-state index is 12.2. The van der Waals surface area contributed by atoms with Crippen LogP contribution >= 0.6 is 0 Å². The van der Waals surface area contributed by atoms with Crippen molar-refractivity contribution >= 4 is 10.9 Å². The van der Waals surface area contributed by atoms with Crippen LogP contribution in [0.1, 0.15) is 119 Å². The first kappa shape index (κ1) is 41.8. The summed E-state index contributed by atoms with van der Waals surface area (Å²) in [6, 6.07) is 27.0. The Morgan fingerprint density at radius 1 is 0.828 bits per heavy atom. The van der Waals surface area contributed by atoms with Crippen molar-refractivity contribution in [1.82, 2.24) is 30.0 Å². The van der Waals surface area contributed by atoms with Crippen LogP contribution < -0.4 is 15.6 Å².